The van der Waals surface area contributed by atoms with E-state index in [9.17, 15) is 28.0 Å². The lowest BCUT2D eigenvalue weighted by Crippen LogP contribution is -2.41. The molecule has 2 N–H and O–H groups in total. The van der Waals surface area contributed by atoms with E-state index >= 15 is 0 Å². The van der Waals surface area contributed by atoms with E-state index in [1.165, 1.54) is 12.1 Å². The topological polar surface area (TPSA) is 124 Å². The first kappa shape index (κ1) is 32.3. The van der Waals surface area contributed by atoms with E-state index < -0.39 is 29.5 Å². The van der Waals surface area contributed by atoms with Crippen molar-refractivity contribution in [1.82, 2.24) is 29.8 Å². The summed E-state index contributed by atoms with van der Waals surface area (Å²) >= 11 is 0. The number of nitrogens with one attached hydrogen (secondary N) is 2. The molecule has 46 heavy (non-hydrogen) atoms. The van der Waals surface area contributed by atoms with Crippen LogP contribution in [0.25, 0.3) is 11.4 Å². The van der Waals surface area contributed by atoms with Gasteiger partial charge in [0, 0.05) is 6.54 Å². The summed E-state index contributed by atoms with van der Waals surface area (Å²) < 4.78 is 49.0. The van der Waals surface area contributed by atoms with E-state index in [4.69, 9.17) is 4.42 Å². The van der Waals surface area contributed by atoms with Gasteiger partial charge in [0.05, 0.1) is 58.4 Å². The molecule has 14 heteroatoms. The number of hydrazine groups is 1. The zero-order valence-corrected chi connectivity index (χ0v) is 25.9. The summed E-state index contributed by atoms with van der Waals surface area (Å²) in [5, 5.41) is 13.8. The predicted molar refractivity (Wildman–Crippen MR) is 165 cm³/mol. The minimum atomic E-state index is -4.65. The van der Waals surface area contributed by atoms with E-state index in [1.807, 2.05) is 32.8 Å². The highest BCUT2D eigenvalue weighted by molar-refractivity contribution is 5.87. The zero-order valence-electron chi connectivity index (χ0n) is 25.9. The highest BCUT2D eigenvalue weighted by atomic mass is 19.4. The number of aromatic nitrogens is 3. The van der Waals surface area contributed by atoms with Crippen molar-refractivity contribution in [2.45, 2.75) is 39.5 Å². The van der Waals surface area contributed by atoms with Gasteiger partial charge in [-0.2, -0.15) is 18.4 Å². The van der Waals surface area contributed by atoms with Crippen molar-refractivity contribution >= 4 is 17.4 Å². The molecule has 0 saturated carbocycles. The van der Waals surface area contributed by atoms with E-state index in [1.54, 1.807) is 48.5 Å². The maximum atomic E-state index is 14.1. The monoisotopic (exact) mass is 634 g/mol. The highest BCUT2D eigenvalue weighted by Crippen LogP contribution is 2.33. The summed E-state index contributed by atoms with van der Waals surface area (Å²) in [4.78, 5) is 34.6. The Morgan fingerprint density at radius 2 is 1.89 bits per heavy atom. The van der Waals surface area contributed by atoms with Crippen LogP contribution in [0.3, 0.4) is 0 Å². The number of rotatable bonds is 8. The Labute approximate surface area is 263 Å². The highest BCUT2D eigenvalue weighted by Gasteiger charge is 2.34. The number of carbonyl (C=O) groups is 1. The van der Waals surface area contributed by atoms with Gasteiger partial charge in [-0.1, -0.05) is 19.9 Å². The molecule has 1 aliphatic rings. The number of alkyl halides is 3. The number of anilines is 1. The van der Waals surface area contributed by atoms with E-state index in [2.05, 4.69) is 21.8 Å². The summed E-state index contributed by atoms with van der Waals surface area (Å²) in [6.45, 7) is 6.11. The standard InChI is InChI=1S/C32H33F3N8O3/c1-19(2)27(29-37-17-25(46-29)18-40(4)5)39-30(44)42-28(26-13-14-38-43(26)23-11-9-21(16-36)10-12-23)20(3)41(31(42)45)24-8-6-7-22(15-24)32(33,34)35/h6-13,15,17,19,27,38H,14,18H2,1-5H3,(H,39,44)/t27-/m0/s1. The van der Waals surface area contributed by atoms with E-state index in [0.717, 1.165) is 21.3 Å². The average molecular weight is 635 g/mol. The van der Waals surface area contributed by atoms with Crippen molar-refractivity contribution in [3.05, 3.63) is 105 Å². The van der Waals surface area contributed by atoms with Gasteiger partial charge in [0.2, 0.25) is 5.89 Å². The van der Waals surface area contributed by atoms with Gasteiger partial charge in [-0.05, 0) is 75.5 Å². The molecule has 1 atom stereocenters. The number of benzene rings is 2. The van der Waals surface area contributed by atoms with Gasteiger partial charge in [0.15, 0.2) is 0 Å². The molecule has 0 saturated heterocycles. The number of nitriles is 1. The normalized spacial score (nSPS) is 14.1. The fourth-order valence-electron chi connectivity index (χ4n) is 5.31. The van der Waals surface area contributed by atoms with Crippen LogP contribution in [-0.2, 0) is 12.7 Å². The Morgan fingerprint density at radius 1 is 1.17 bits per heavy atom. The minimum Gasteiger partial charge on any atom is -0.442 e. The predicted octanol–water partition coefficient (Wildman–Crippen LogP) is 5.21. The molecule has 0 radical (unpaired) electrons. The van der Waals surface area contributed by atoms with Crippen LogP contribution in [0.5, 0.6) is 0 Å². The lowest BCUT2D eigenvalue weighted by molar-refractivity contribution is -0.137. The van der Waals surface area contributed by atoms with Crippen LogP contribution in [0.1, 0.15) is 54.1 Å². The average Bonchev–Trinajstić information content (AvgIpc) is 3.73. The molecule has 4 aromatic rings. The van der Waals surface area contributed by atoms with E-state index in [0.29, 0.717) is 35.8 Å². The quantitative estimate of drug-likeness (QED) is 0.271. The van der Waals surface area contributed by atoms with Crippen LogP contribution in [0.4, 0.5) is 23.7 Å². The van der Waals surface area contributed by atoms with E-state index in [-0.39, 0.29) is 28.9 Å². The molecule has 0 aliphatic carbocycles. The third-order valence-electron chi connectivity index (χ3n) is 7.46. The van der Waals surface area contributed by atoms with Crippen molar-refractivity contribution in [3.8, 4) is 11.8 Å². The molecule has 1 amide bonds. The largest absolute Gasteiger partial charge is 0.442 e. The number of amides is 1. The van der Waals surface area contributed by atoms with Crippen molar-refractivity contribution in [2.75, 3.05) is 25.6 Å². The molecule has 0 spiro atoms. The molecular weight excluding hydrogens is 601 g/mol. The summed E-state index contributed by atoms with van der Waals surface area (Å²) in [6.07, 6.45) is -1.30. The van der Waals surface area contributed by atoms with Crippen molar-refractivity contribution in [1.29, 1.82) is 5.26 Å². The number of oxazole rings is 1. The molecule has 5 rings (SSSR count). The lowest BCUT2D eigenvalue weighted by Gasteiger charge is -2.24. The molecule has 2 aromatic heterocycles. The van der Waals surface area contributed by atoms with Gasteiger partial charge < -0.3 is 14.6 Å². The summed E-state index contributed by atoms with van der Waals surface area (Å²) in [6, 6.07) is 11.6. The van der Waals surface area contributed by atoms with Crippen LogP contribution in [0.15, 0.2) is 70.0 Å². The van der Waals surface area contributed by atoms with Crippen molar-refractivity contribution in [3.63, 3.8) is 0 Å². The minimum absolute atomic E-state index is 0.0527. The SMILES string of the molecule is Cc1c(C2=CCNN2c2ccc(C#N)cc2)n(C(=O)N[C@H](c2ncc(CN(C)C)o2)C(C)C)c(=O)n1-c1cccc(C(F)(F)F)c1. The fourth-order valence-corrected chi connectivity index (χ4v) is 5.31. The number of imidazole rings is 1. The first-order valence-electron chi connectivity index (χ1n) is 14.5. The van der Waals surface area contributed by atoms with Gasteiger partial charge in [-0.25, -0.2) is 24.6 Å². The summed E-state index contributed by atoms with van der Waals surface area (Å²) in [5.41, 5.74) is 3.20. The number of halogens is 3. The maximum absolute atomic E-state index is 14.1. The van der Waals surface area contributed by atoms with Gasteiger partial charge in [0.1, 0.15) is 11.8 Å². The molecule has 240 valence electrons. The van der Waals surface area contributed by atoms with Gasteiger partial charge in [-0.15, -0.1) is 0 Å². The van der Waals surface area contributed by atoms with Crippen LogP contribution in [0, 0.1) is 24.2 Å². The molecular formula is C32H33F3N8O3. The summed E-state index contributed by atoms with van der Waals surface area (Å²) in [5.74, 6) is 0.637. The molecule has 3 heterocycles. The number of hydrogen-bond donors (Lipinski definition) is 2. The maximum Gasteiger partial charge on any atom is 0.416 e. The lowest BCUT2D eigenvalue weighted by atomic mass is 10.0. The molecule has 0 unspecified atom stereocenters. The Hall–Kier alpha value is -5.13. The first-order chi connectivity index (χ1) is 21.8. The van der Waals surface area contributed by atoms with Crippen molar-refractivity contribution in [2.24, 2.45) is 5.92 Å². The van der Waals surface area contributed by atoms with Crippen LogP contribution in [0.2, 0.25) is 0 Å². The smallest absolute Gasteiger partial charge is 0.416 e. The Bertz CT molecular complexity index is 1880. The van der Waals surface area contributed by atoms with Crippen LogP contribution < -0.4 is 21.4 Å². The number of carbonyl (C=O) groups excluding carboxylic acids is 1. The fraction of sp³-hybridized carbons (Fsp3) is 0.312. The van der Waals surface area contributed by atoms with Gasteiger partial charge in [-0.3, -0.25) is 9.58 Å². The van der Waals surface area contributed by atoms with Crippen LogP contribution in [-0.4, -0.2) is 45.7 Å². The summed E-state index contributed by atoms with van der Waals surface area (Å²) in [7, 11) is 3.76. The zero-order chi connectivity index (χ0) is 33.3. The first-order valence-corrected chi connectivity index (χ1v) is 14.5. The second kappa shape index (κ2) is 12.7. The Kier molecular flexibility index (Phi) is 8.91. The third-order valence-corrected chi connectivity index (χ3v) is 7.46. The number of nitrogens with zero attached hydrogens (tertiary/aromatic N) is 6. The van der Waals surface area contributed by atoms with Crippen molar-refractivity contribution < 1.29 is 22.4 Å². The Morgan fingerprint density at radius 3 is 2.52 bits per heavy atom. The molecule has 2 aromatic carbocycles. The number of hydrogen-bond acceptors (Lipinski definition) is 8. The van der Waals surface area contributed by atoms with Gasteiger partial charge in [0.25, 0.3) is 0 Å². The second-order valence-electron chi connectivity index (χ2n) is 11.5. The second-order valence-corrected chi connectivity index (χ2v) is 11.5. The Balaban J connectivity index is 1.64. The molecule has 11 nitrogen and oxygen atoms in total. The third kappa shape index (κ3) is 6.33. The molecule has 0 bridgehead atoms. The molecule has 1 aliphatic heterocycles. The molecule has 0 fully saturated rings. The van der Waals surface area contributed by atoms with Crippen LogP contribution >= 0.6 is 0 Å². The van der Waals surface area contributed by atoms with Gasteiger partial charge >= 0.3 is 17.9 Å².